The number of H-pyrrole nitrogens is 1. The van der Waals surface area contributed by atoms with Crippen LogP contribution in [-0.4, -0.2) is 18.6 Å². The number of hydrogen-bond donors (Lipinski definition) is 3. The molecule has 4 N–H and O–H groups in total. The number of sulfonamides is 1. The third kappa shape index (κ3) is 3.06. The first-order chi connectivity index (χ1) is 8.90. The second kappa shape index (κ2) is 5.20. The van der Waals surface area contributed by atoms with Crippen LogP contribution < -0.4 is 10.5 Å². The molecule has 1 aromatic heterocycles. The summed E-state index contributed by atoms with van der Waals surface area (Å²) in [7, 11) is -3.63. The van der Waals surface area contributed by atoms with Crippen molar-refractivity contribution >= 4 is 27.3 Å². The van der Waals surface area contributed by atoms with Gasteiger partial charge < -0.3 is 5.73 Å². The van der Waals surface area contributed by atoms with Crippen LogP contribution in [0, 0.1) is 6.92 Å². The van der Waals surface area contributed by atoms with Crippen LogP contribution in [0.2, 0.25) is 5.02 Å². The van der Waals surface area contributed by atoms with E-state index in [0.29, 0.717) is 10.6 Å². The molecule has 8 heteroatoms. The first-order valence-electron chi connectivity index (χ1n) is 5.43. The SMILES string of the molecule is Cc1cc(S(=O)(=O)NCc2cn[nH]c2)cc(N)c1Cl. The van der Waals surface area contributed by atoms with Gasteiger partial charge in [0.05, 0.1) is 21.8 Å². The second-order valence-electron chi connectivity index (χ2n) is 4.07. The van der Waals surface area contributed by atoms with Crippen molar-refractivity contribution in [2.75, 3.05) is 5.73 Å². The zero-order valence-electron chi connectivity index (χ0n) is 10.1. The van der Waals surface area contributed by atoms with Gasteiger partial charge in [-0.25, -0.2) is 13.1 Å². The number of benzene rings is 1. The number of aromatic amines is 1. The minimum Gasteiger partial charge on any atom is -0.397 e. The van der Waals surface area contributed by atoms with Crippen molar-refractivity contribution in [1.82, 2.24) is 14.9 Å². The number of halogens is 1. The molecule has 2 aromatic rings. The zero-order chi connectivity index (χ0) is 14.0. The Morgan fingerprint density at radius 2 is 2.21 bits per heavy atom. The van der Waals surface area contributed by atoms with Crippen molar-refractivity contribution < 1.29 is 8.42 Å². The van der Waals surface area contributed by atoms with Gasteiger partial charge in [0, 0.05) is 18.3 Å². The van der Waals surface area contributed by atoms with Gasteiger partial charge >= 0.3 is 0 Å². The fourth-order valence-corrected chi connectivity index (χ4v) is 2.80. The van der Waals surface area contributed by atoms with E-state index in [9.17, 15) is 8.42 Å². The Labute approximate surface area is 116 Å². The number of nitrogens with two attached hydrogens (primary N) is 1. The van der Waals surface area contributed by atoms with E-state index in [2.05, 4.69) is 14.9 Å². The van der Waals surface area contributed by atoms with Crippen molar-refractivity contribution in [3.8, 4) is 0 Å². The first-order valence-corrected chi connectivity index (χ1v) is 7.29. The minimum atomic E-state index is -3.63. The molecular formula is C11H13ClN4O2S. The van der Waals surface area contributed by atoms with Crippen LogP contribution in [0.25, 0.3) is 0 Å². The van der Waals surface area contributed by atoms with E-state index in [-0.39, 0.29) is 17.1 Å². The number of nitrogens with one attached hydrogen (secondary N) is 2. The molecule has 0 saturated carbocycles. The molecule has 0 radical (unpaired) electrons. The molecule has 0 fully saturated rings. The Morgan fingerprint density at radius 1 is 1.47 bits per heavy atom. The maximum absolute atomic E-state index is 12.1. The number of aryl methyl sites for hydroxylation is 1. The normalized spacial score (nSPS) is 11.7. The Kier molecular flexibility index (Phi) is 3.79. The van der Waals surface area contributed by atoms with Crippen molar-refractivity contribution in [2.45, 2.75) is 18.4 Å². The van der Waals surface area contributed by atoms with Crippen LogP contribution in [-0.2, 0) is 16.6 Å². The number of nitrogens with zero attached hydrogens (tertiary/aromatic N) is 1. The lowest BCUT2D eigenvalue weighted by Crippen LogP contribution is -2.23. The van der Waals surface area contributed by atoms with Crippen LogP contribution >= 0.6 is 11.6 Å². The van der Waals surface area contributed by atoms with E-state index < -0.39 is 10.0 Å². The molecule has 0 aliphatic rings. The maximum Gasteiger partial charge on any atom is 0.240 e. The van der Waals surface area contributed by atoms with Gasteiger partial charge in [-0.3, -0.25) is 5.10 Å². The molecule has 2 rings (SSSR count). The number of aromatic nitrogens is 2. The van der Waals surface area contributed by atoms with Crippen LogP contribution in [0.4, 0.5) is 5.69 Å². The molecule has 0 bridgehead atoms. The number of rotatable bonds is 4. The van der Waals surface area contributed by atoms with Gasteiger partial charge in [0.15, 0.2) is 0 Å². The van der Waals surface area contributed by atoms with Gasteiger partial charge in [0.1, 0.15) is 0 Å². The lowest BCUT2D eigenvalue weighted by molar-refractivity contribution is 0.581. The average molecular weight is 301 g/mol. The summed E-state index contributed by atoms with van der Waals surface area (Å²) in [6.45, 7) is 1.86. The van der Waals surface area contributed by atoms with E-state index in [1.807, 2.05) is 0 Å². The first kappa shape index (κ1) is 13.9. The molecule has 102 valence electrons. The third-order valence-electron chi connectivity index (χ3n) is 2.59. The lowest BCUT2D eigenvalue weighted by Gasteiger charge is -2.09. The molecule has 0 spiro atoms. The molecule has 6 nitrogen and oxygen atoms in total. The quantitative estimate of drug-likeness (QED) is 0.744. The van der Waals surface area contributed by atoms with Crippen LogP contribution in [0.1, 0.15) is 11.1 Å². The summed E-state index contributed by atoms with van der Waals surface area (Å²) >= 11 is 5.91. The van der Waals surface area contributed by atoms with Gasteiger partial charge in [0.25, 0.3) is 0 Å². The number of anilines is 1. The van der Waals surface area contributed by atoms with Crippen molar-refractivity contribution in [3.05, 3.63) is 40.7 Å². The minimum absolute atomic E-state index is 0.0930. The van der Waals surface area contributed by atoms with Crippen LogP contribution in [0.5, 0.6) is 0 Å². The standard InChI is InChI=1S/C11H13ClN4O2S/c1-7-2-9(3-10(13)11(7)12)19(17,18)16-6-8-4-14-15-5-8/h2-5,16H,6,13H2,1H3,(H,14,15). The summed E-state index contributed by atoms with van der Waals surface area (Å²) in [5.41, 5.74) is 7.27. The highest BCUT2D eigenvalue weighted by molar-refractivity contribution is 7.89. The Morgan fingerprint density at radius 3 is 2.79 bits per heavy atom. The average Bonchev–Trinajstić information content (AvgIpc) is 2.86. The summed E-state index contributed by atoms with van der Waals surface area (Å²) < 4.78 is 26.7. The smallest absolute Gasteiger partial charge is 0.240 e. The van der Waals surface area contributed by atoms with Gasteiger partial charge in [-0.05, 0) is 24.6 Å². The molecule has 0 saturated heterocycles. The van der Waals surface area contributed by atoms with Gasteiger partial charge in [-0.2, -0.15) is 5.10 Å². The van der Waals surface area contributed by atoms with Crippen LogP contribution in [0.15, 0.2) is 29.4 Å². The summed E-state index contributed by atoms with van der Waals surface area (Å²) in [6, 6.07) is 2.82. The van der Waals surface area contributed by atoms with Gasteiger partial charge in [0.2, 0.25) is 10.0 Å². The molecule has 0 atom stereocenters. The van der Waals surface area contributed by atoms with E-state index in [0.717, 1.165) is 5.56 Å². The highest BCUT2D eigenvalue weighted by atomic mass is 35.5. The topological polar surface area (TPSA) is 101 Å². The van der Waals surface area contributed by atoms with Gasteiger partial charge in [-0.15, -0.1) is 0 Å². The Bertz CT molecular complexity index is 660. The highest BCUT2D eigenvalue weighted by Crippen LogP contribution is 2.26. The molecule has 1 heterocycles. The third-order valence-corrected chi connectivity index (χ3v) is 4.48. The molecule has 0 amide bonds. The summed E-state index contributed by atoms with van der Waals surface area (Å²) in [4.78, 5) is 0.0930. The number of hydrogen-bond acceptors (Lipinski definition) is 4. The summed E-state index contributed by atoms with van der Waals surface area (Å²) in [6.07, 6.45) is 3.16. The van der Waals surface area contributed by atoms with E-state index in [4.69, 9.17) is 17.3 Å². The lowest BCUT2D eigenvalue weighted by atomic mass is 10.2. The summed E-state index contributed by atoms with van der Waals surface area (Å²) in [5, 5.41) is 6.72. The fraction of sp³-hybridized carbons (Fsp3) is 0.182. The summed E-state index contributed by atoms with van der Waals surface area (Å²) in [5.74, 6) is 0. The van der Waals surface area contributed by atoms with E-state index >= 15 is 0 Å². The van der Waals surface area contributed by atoms with Gasteiger partial charge in [-0.1, -0.05) is 11.6 Å². The van der Waals surface area contributed by atoms with Crippen molar-refractivity contribution in [3.63, 3.8) is 0 Å². The van der Waals surface area contributed by atoms with E-state index in [1.54, 1.807) is 19.3 Å². The molecular weight excluding hydrogens is 288 g/mol. The Balaban J connectivity index is 2.24. The zero-order valence-corrected chi connectivity index (χ0v) is 11.7. The molecule has 0 unspecified atom stereocenters. The highest BCUT2D eigenvalue weighted by Gasteiger charge is 2.16. The molecule has 0 aliphatic carbocycles. The van der Waals surface area contributed by atoms with E-state index in [1.165, 1.54) is 12.1 Å². The predicted octanol–water partition coefficient (Wildman–Crippen LogP) is 1.43. The molecule has 1 aromatic carbocycles. The second-order valence-corrected chi connectivity index (χ2v) is 6.22. The van der Waals surface area contributed by atoms with Crippen molar-refractivity contribution in [1.29, 1.82) is 0 Å². The van der Waals surface area contributed by atoms with Crippen LogP contribution in [0.3, 0.4) is 0 Å². The Hall–Kier alpha value is -1.57. The largest absolute Gasteiger partial charge is 0.397 e. The van der Waals surface area contributed by atoms with Crippen molar-refractivity contribution in [2.24, 2.45) is 0 Å². The number of nitrogen functional groups attached to an aromatic ring is 1. The molecule has 19 heavy (non-hydrogen) atoms. The fourth-order valence-electron chi connectivity index (χ4n) is 1.55. The predicted molar refractivity (Wildman–Crippen MR) is 73.2 cm³/mol. The monoisotopic (exact) mass is 300 g/mol. The molecule has 0 aliphatic heterocycles. The maximum atomic E-state index is 12.1.